The molecule has 0 aliphatic carbocycles. The number of likely N-dealkylation sites (tertiary alicyclic amines) is 1. The average Bonchev–Trinajstić information content (AvgIpc) is 3.13. The molecule has 2 aliphatic rings. The van der Waals surface area contributed by atoms with Gasteiger partial charge < -0.3 is 19.7 Å². The van der Waals surface area contributed by atoms with E-state index in [1.54, 1.807) is 0 Å². The maximum Gasteiger partial charge on any atom is 0.231 e. The van der Waals surface area contributed by atoms with Gasteiger partial charge in [0.15, 0.2) is 11.5 Å². The number of hydrogen-bond acceptors (Lipinski definition) is 4. The third kappa shape index (κ3) is 3.94. The van der Waals surface area contributed by atoms with E-state index < -0.39 is 0 Å². The third-order valence-corrected chi connectivity index (χ3v) is 5.31. The van der Waals surface area contributed by atoms with E-state index in [-0.39, 0.29) is 29.9 Å². The summed E-state index contributed by atoms with van der Waals surface area (Å²) in [5.41, 5.74) is 0.859. The van der Waals surface area contributed by atoms with Gasteiger partial charge in [-0.25, -0.2) is 0 Å². The fraction of sp³-hybridized carbons (Fsp3) is 0.600. The Bertz CT molecular complexity index is 686. The summed E-state index contributed by atoms with van der Waals surface area (Å²) < 4.78 is 10.8. The van der Waals surface area contributed by atoms with E-state index in [1.807, 2.05) is 30.0 Å². The van der Waals surface area contributed by atoms with Gasteiger partial charge in [0.2, 0.25) is 18.6 Å². The largest absolute Gasteiger partial charge is 0.454 e. The van der Waals surface area contributed by atoms with Crippen molar-refractivity contribution in [1.29, 1.82) is 0 Å². The quantitative estimate of drug-likeness (QED) is 0.876. The lowest BCUT2D eigenvalue weighted by Crippen LogP contribution is -2.47. The monoisotopic (exact) mass is 360 g/mol. The van der Waals surface area contributed by atoms with Crippen molar-refractivity contribution in [1.82, 2.24) is 10.2 Å². The van der Waals surface area contributed by atoms with Crippen LogP contribution in [0.5, 0.6) is 11.5 Å². The Hall–Kier alpha value is -2.24. The molecule has 0 radical (unpaired) electrons. The van der Waals surface area contributed by atoms with E-state index >= 15 is 0 Å². The van der Waals surface area contributed by atoms with E-state index in [9.17, 15) is 9.59 Å². The summed E-state index contributed by atoms with van der Waals surface area (Å²) in [6.45, 7) is 8.13. The molecule has 3 rings (SSSR count). The Balaban J connectivity index is 1.58. The average molecular weight is 360 g/mol. The Morgan fingerprint density at radius 3 is 2.81 bits per heavy atom. The fourth-order valence-corrected chi connectivity index (χ4v) is 3.51. The van der Waals surface area contributed by atoms with Crippen LogP contribution in [0.15, 0.2) is 18.2 Å². The van der Waals surface area contributed by atoms with Crippen LogP contribution in [0.25, 0.3) is 0 Å². The van der Waals surface area contributed by atoms with Crippen molar-refractivity contribution in [2.75, 3.05) is 26.4 Å². The maximum absolute atomic E-state index is 12.6. The molecule has 26 heavy (non-hydrogen) atoms. The van der Waals surface area contributed by atoms with Gasteiger partial charge in [-0.1, -0.05) is 26.8 Å². The number of carbonyl (C=O) groups is 2. The number of hydrogen-bond donors (Lipinski definition) is 1. The first-order chi connectivity index (χ1) is 12.4. The molecule has 142 valence electrons. The van der Waals surface area contributed by atoms with Gasteiger partial charge in [-0.2, -0.15) is 0 Å². The zero-order valence-corrected chi connectivity index (χ0v) is 15.8. The molecule has 1 fully saturated rings. The van der Waals surface area contributed by atoms with Crippen LogP contribution in [0, 0.1) is 5.92 Å². The predicted molar refractivity (Wildman–Crippen MR) is 98.2 cm³/mol. The van der Waals surface area contributed by atoms with Crippen molar-refractivity contribution in [3.63, 3.8) is 0 Å². The molecule has 1 unspecified atom stereocenters. The van der Waals surface area contributed by atoms with Gasteiger partial charge in [0.1, 0.15) is 0 Å². The topological polar surface area (TPSA) is 67.9 Å². The van der Waals surface area contributed by atoms with Gasteiger partial charge in [-0.05, 0) is 30.5 Å². The minimum Gasteiger partial charge on any atom is -0.454 e. The molecule has 0 spiro atoms. The van der Waals surface area contributed by atoms with Gasteiger partial charge in [0.25, 0.3) is 0 Å². The summed E-state index contributed by atoms with van der Waals surface area (Å²) in [6, 6.07) is 5.91. The van der Waals surface area contributed by atoms with Crippen molar-refractivity contribution >= 4 is 11.8 Å². The summed E-state index contributed by atoms with van der Waals surface area (Å²) in [4.78, 5) is 26.3. The van der Waals surface area contributed by atoms with E-state index in [2.05, 4.69) is 19.2 Å². The molecule has 1 saturated heterocycles. The first kappa shape index (κ1) is 18.5. The molecule has 2 heterocycles. The number of nitrogens with zero attached hydrogens (tertiary/aromatic N) is 1. The number of amides is 2. The van der Waals surface area contributed by atoms with Crippen molar-refractivity contribution < 1.29 is 19.1 Å². The van der Waals surface area contributed by atoms with Gasteiger partial charge >= 0.3 is 0 Å². The predicted octanol–water partition coefficient (Wildman–Crippen LogP) is 2.46. The van der Waals surface area contributed by atoms with E-state index in [1.165, 1.54) is 0 Å². The highest BCUT2D eigenvalue weighted by Crippen LogP contribution is 2.36. The SMILES string of the molecule is CCC(=O)N1CCCC(C(=O)NCC(C)(C)c2ccc3c(c2)OCO3)C1. The smallest absolute Gasteiger partial charge is 0.231 e. The van der Waals surface area contributed by atoms with Crippen molar-refractivity contribution in [2.24, 2.45) is 5.92 Å². The lowest BCUT2D eigenvalue weighted by Gasteiger charge is -2.33. The molecule has 6 heteroatoms. The summed E-state index contributed by atoms with van der Waals surface area (Å²) >= 11 is 0. The summed E-state index contributed by atoms with van der Waals surface area (Å²) in [5, 5.41) is 3.09. The van der Waals surface area contributed by atoms with Gasteiger partial charge in [0.05, 0.1) is 5.92 Å². The number of fused-ring (bicyclic) bond motifs is 1. The summed E-state index contributed by atoms with van der Waals surface area (Å²) in [7, 11) is 0. The van der Waals surface area contributed by atoms with Crippen molar-refractivity contribution in [3.05, 3.63) is 23.8 Å². The zero-order valence-electron chi connectivity index (χ0n) is 15.8. The highest BCUT2D eigenvalue weighted by Gasteiger charge is 2.30. The van der Waals surface area contributed by atoms with Gasteiger partial charge in [-0.3, -0.25) is 9.59 Å². The Labute approximate surface area is 154 Å². The second kappa shape index (κ2) is 7.56. The highest BCUT2D eigenvalue weighted by molar-refractivity contribution is 5.81. The molecule has 2 amide bonds. The molecule has 1 aromatic carbocycles. The lowest BCUT2D eigenvalue weighted by atomic mass is 9.84. The summed E-state index contributed by atoms with van der Waals surface area (Å²) in [6.07, 6.45) is 2.21. The lowest BCUT2D eigenvalue weighted by molar-refractivity contribution is -0.135. The van der Waals surface area contributed by atoms with Crippen LogP contribution < -0.4 is 14.8 Å². The van der Waals surface area contributed by atoms with Crippen LogP contribution >= 0.6 is 0 Å². The van der Waals surface area contributed by atoms with E-state index in [0.29, 0.717) is 19.5 Å². The van der Waals surface area contributed by atoms with Gasteiger partial charge in [-0.15, -0.1) is 0 Å². The number of rotatable bonds is 5. The van der Waals surface area contributed by atoms with Crippen LogP contribution in [-0.2, 0) is 15.0 Å². The molecule has 1 aromatic rings. The number of benzene rings is 1. The second-order valence-electron chi connectivity index (χ2n) is 7.70. The molecule has 0 aromatic heterocycles. The fourth-order valence-electron chi connectivity index (χ4n) is 3.51. The highest BCUT2D eigenvalue weighted by atomic mass is 16.7. The minimum atomic E-state index is -0.232. The van der Waals surface area contributed by atoms with E-state index in [4.69, 9.17) is 9.47 Å². The molecule has 0 saturated carbocycles. The number of piperidine rings is 1. The van der Waals surface area contributed by atoms with Crippen LogP contribution in [0.2, 0.25) is 0 Å². The first-order valence-corrected chi connectivity index (χ1v) is 9.36. The van der Waals surface area contributed by atoms with Gasteiger partial charge in [0, 0.05) is 31.5 Å². The second-order valence-corrected chi connectivity index (χ2v) is 7.70. The molecular weight excluding hydrogens is 332 g/mol. The van der Waals surface area contributed by atoms with Crippen LogP contribution in [0.3, 0.4) is 0 Å². The van der Waals surface area contributed by atoms with Crippen LogP contribution in [0.1, 0.15) is 45.6 Å². The standard InChI is InChI=1S/C20H28N2O4/c1-4-18(23)22-9-5-6-14(11-22)19(24)21-12-20(2,3)15-7-8-16-17(10-15)26-13-25-16/h7-8,10,14H,4-6,9,11-13H2,1-3H3,(H,21,24). The third-order valence-electron chi connectivity index (χ3n) is 5.31. The van der Waals surface area contributed by atoms with Crippen molar-refractivity contribution in [3.8, 4) is 11.5 Å². The number of ether oxygens (including phenoxy) is 2. The molecule has 1 N–H and O–H groups in total. The first-order valence-electron chi connectivity index (χ1n) is 9.36. The molecular formula is C20H28N2O4. The van der Waals surface area contributed by atoms with E-state index in [0.717, 1.165) is 36.4 Å². The maximum atomic E-state index is 12.6. The minimum absolute atomic E-state index is 0.0346. The number of nitrogens with one attached hydrogen (secondary N) is 1. The Morgan fingerprint density at radius 2 is 2.04 bits per heavy atom. The normalized spacial score (nSPS) is 19.3. The molecule has 2 aliphatic heterocycles. The summed E-state index contributed by atoms with van der Waals surface area (Å²) in [5.74, 6) is 1.56. The molecule has 0 bridgehead atoms. The van der Waals surface area contributed by atoms with Crippen molar-refractivity contribution in [2.45, 2.75) is 45.4 Å². The molecule has 1 atom stereocenters. The zero-order chi connectivity index (χ0) is 18.7. The Kier molecular flexibility index (Phi) is 5.39. The van der Waals surface area contributed by atoms with Crippen LogP contribution in [-0.4, -0.2) is 43.1 Å². The Morgan fingerprint density at radius 1 is 1.27 bits per heavy atom. The van der Waals surface area contributed by atoms with Crippen LogP contribution in [0.4, 0.5) is 0 Å². The molecule has 6 nitrogen and oxygen atoms in total. The number of carbonyl (C=O) groups excluding carboxylic acids is 2.